The normalized spacial score (nSPS) is 7.50. The highest BCUT2D eigenvalue weighted by Gasteiger charge is 1.88. The highest BCUT2D eigenvalue weighted by atomic mass is 13.9. The van der Waals surface area contributed by atoms with Crippen molar-refractivity contribution in [2.45, 2.75) is 61.3 Å². The molecule has 0 amide bonds. The van der Waals surface area contributed by atoms with Crippen LogP contribution in [0, 0.1) is 5.92 Å². The van der Waals surface area contributed by atoms with Crippen LogP contribution in [0.2, 0.25) is 0 Å². The van der Waals surface area contributed by atoms with Crippen molar-refractivity contribution in [2.75, 3.05) is 0 Å². The van der Waals surface area contributed by atoms with Crippen molar-refractivity contribution in [2.24, 2.45) is 5.92 Å². The molecule has 0 saturated carbocycles. The molecule has 0 atom stereocenters. The van der Waals surface area contributed by atoms with Gasteiger partial charge in [-0.25, -0.2) is 0 Å². The zero-order valence-electron chi connectivity index (χ0n) is 12.5. The fourth-order valence-corrected chi connectivity index (χ4v) is 0.674. The SMILES string of the molecule is CC.CC.CCC(C)CC.c1ccccc1. The van der Waals surface area contributed by atoms with E-state index in [1.165, 1.54) is 12.8 Å². The molecular weight excluding hydrogens is 192 g/mol. The van der Waals surface area contributed by atoms with E-state index in [1.807, 2.05) is 64.1 Å². The molecule has 0 aliphatic rings. The number of rotatable bonds is 2. The summed E-state index contributed by atoms with van der Waals surface area (Å²) in [5.74, 6) is 0.935. The molecule has 0 aliphatic heterocycles. The van der Waals surface area contributed by atoms with Crippen LogP contribution in [0.5, 0.6) is 0 Å². The lowest BCUT2D eigenvalue weighted by atomic mass is 10.1. The van der Waals surface area contributed by atoms with Crippen molar-refractivity contribution in [1.82, 2.24) is 0 Å². The number of hydrogen-bond donors (Lipinski definition) is 0. The second-order valence-corrected chi connectivity index (χ2v) is 3.08. The van der Waals surface area contributed by atoms with Gasteiger partial charge in [0.2, 0.25) is 0 Å². The van der Waals surface area contributed by atoms with Crippen molar-refractivity contribution >= 4 is 0 Å². The van der Waals surface area contributed by atoms with Gasteiger partial charge in [-0.05, 0) is 5.92 Å². The fourth-order valence-electron chi connectivity index (χ4n) is 0.674. The average molecular weight is 224 g/mol. The van der Waals surface area contributed by atoms with Gasteiger partial charge in [-0.3, -0.25) is 0 Å². The minimum absolute atomic E-state index is 0.935. The summed E-state index contributed by atoms with van der Waals surface area (Å²) in [6.45, 7) is 14.7. The lowest BCUT2D eigenvalue weighted by molar-refractivity contribution is 0.544. The Hall–Kier alpha value is -0.780. The molecule has 0 radical (unpaired) electrons. The molecule has 0 spiro atoms. The van der Waals surface area contributed by atoms with E-state index in [-0.39, 0.29) is 0 Å². The third kappa shape index (κ3) is 23.2. The van der Waals surface area contributed by atoms with E-state index < -0.39 is 0 Å². The van der Waals surface area contributed by atoms with E-state index in [9.17, 15) is 0 Å². The predicted molar refractivity (Wildman–Crippen MR) is 78.9 cm³/mol. The maximum absolute atomic E-state index is 2.28. The van der Waals surface area contributed by atoms with Crippen LogP contribution in [0.3, 0.4) is 0 Å². The van der Waals surface area contributed by atoms with Gasteiger partial charge in [0.15, 0.2) is 0 Å². The molecule has 0 heterocycles. The standard InChI is InChI=1S/C6H6.C6H14.2C2H6/c1-2-4-6-5-3-1;1-4-6(3)5-2;2*1-2/h1-6H;6H,4-5H2,1-3H3;2*1-2H3. The third-order valence-corrected chi connectivity index (χ3v) is 2.06. The summed E-state index contributed by atoms with van der Waals surface area (Å²) < 4.78 is 0. The molecule has 0 aromatic heterocycles. The Balaban J connectivity index is -0.000000162. The van der Waals surface area contributed by atoms with Crippen molar-refractivity contribution < 1.29 is 0 Å². The minimum Gasteiger partial charge on any atom is -0.0683 e. The van der Waals surface area contributed by atoms with E-state index in [0.29, 0.717) is 0 Å². The van der Waals surface area contributed by atoms with Crippen molar-refractivity contribution in [1.29, 1.82) is 0 Å². The molecule has 0 saturated heterocycles. The fraction of sp³-hybridized carbons (Fsp3) is 0.625. The number of benzene rings is 1. The monoisotopic (exact) mass is 224 g/mol. The first-order valence-electron chi connectivity index (χ1n) is 6.81. The molecule has 0 unspecified atom stereocenters. The van der Waals surface area contributed by atoms with E-state index in [2.05, 4.69) is 20.8 Å². The lowest BCUT2D eigenvalue weighted by Crippen LogP contribution is -1.85. The first-order chi connectivity index (χ1) is 7.81. The zero-order valence-corrected chi connectivity index (χ0v) is 12.5. The van der Waals surface area contributed by atoms with E-state index >= 15 is 0 Å². The second kappa shape index (κ2) is 23.8. The molecule has 0 fully saturated rings. The van der Waals surface area contributed by atoms with Gasteiger partial charge >= 0.3 is 0 Å². The molecular formula is C16H32. The summed E-state index contributed by atoms with van der Waals surface area (Å²) in [6.07, 6.45) is 2.66. The van der Waals surface area contributed by atoms with Crippen LogP contribution in [0.25, 0.3) is 0 Å². The zero-order chi connectivity index (χ0) is 13.2. The Labute approximate surface area is 104 Å². The van der Waals surface area contributed by atoms with Crippen LogP contribution in [0.4, 0.5) is 0 Å². The van der Waals surface area contributed by atoms with Crippen molar-refractivity contribution in [3.63, 3.8) is 0 Å². The summed E-state index contributed by atoms with van der Waals surface area (Å²) in [5.41, 5.74) is 0. The Bertz CT molecular complexity index is 124. The van der Waals surface area contributed by atoms with Gasteiger partial charge < -0.3 is 0 Å². The van der Waals surface area contributed by atoms with Crippen molar-refractivity contribution in [3.8, 4) is 0 Å². The van der Waals surface area contributed by atoms with Crippen LogP contribution in [0.1, 0.15) is 61.3 Å². The Morgan fingerprint density at radius 2 is 0.812 bits per heavy atom. The van der Waals surface area contributed by atoms with Crippen LogP contribution < -0.4 is 0 Å². The van der Waals surface area contributed by atoms with Crippen molar-refractivity contribution in [3.05, 3.63) is 36.4 Å². The third-order valence-electron chi connectivity index (χ3n) is 2.06. The van der Waals surface area contributed by atoms with Gasteiger partial charge in [-0.1, -0.05) is 97.7 Å². The predicted octanol–water partition coefficient (Wildman–Crippen LogP) is 6.18. The summed E-state index contributed by atoms with van der Waals surface area (Å²) in [5, 5.41) is 0. The smallest absolute Gasteiger partial charge is 0.0448 e. The number of hydrogen-bond acceptors (Lipinski definition) is 0. The summed E-state index contributed by atoms with van der Waals surface area (Å²) in [7, 11) is 0. The average Bonchev–Trinajstić information content (AvgIpc) is 2.45. The molecule has 1 aromatic rings. The molecule has 0 heteroatoms. The minimum atomic E-state index is 0.935. The second-order valence-electron chi connectivity index (χ2n) is 3.08. The van der Waals surface area contributed by atoms with Gasteiger partial charge in [0.25, 0.3) is 0 Å². The quantitative estimate of drug-likeness (QED) is 0.562. The van der Waals surface area contributed by atoms with Crippen LogP contribution in [0.15, 0.2) is 36.4 Å². The highest BCUT2D eigenvalue weighted by molar-refractivity contribution is 4.99. The largest absolute Gasteiger partial charge is 0.0683 e. The van der Waals surface area contributed by atoms with Crippen LogP contribution in [-0.2, 0) is 0 Å². The summed E-state index contributed by atoms with van der Waals surface area (Å²) >= 11 is 0. The first kappa shape index (κ1) is 20.6. The van der Waals surface area contributed by atoms with Gasteiger partial charge in [0.1, 0.15) is 0 Å². The molecule has 0 aliphatic carbocycles. The Morgan fingerprint density at radius 1 is 0.625 bits per heavy atom. The van der Waals surface area contributed by atoms with Gasteiger partial charge in [-0.15, -0.1) is 0 Å². The molecule has 0 nitrogen and oxygen atoms in total. The van der Waals surface area contributed by atoms with Crippen LogP contribution >= 0.6 is 0 Å². The summed E-state index contributed by atoms with van der Waals surface area (Å²) in [6, 6.07) is 12.0. The molecule has 0 N–H and O–H groups in total. The van der Waals surface area contributed by atoms with E-state index in [1.54, 1.807) is 0 Å². The summed E-state index contributed by atoms with van der Waals surface area (Å²) in [4.78, 5) is 0. The van der Waals surface area contributed by atoms with Crippen LogP contribution in [-0.4, -0.2) is 0 Å². The maximum atomic E-state index is 2.28. The highest BCUT2D eigenvalue weighted by Crippen LogP contribution is 2.02. The lowest BCUT2D eigenvalue weighted by Gasteiger charge is -1.98. The molecule has 1 rings (SSSR count). The van der Waals surface area contributed by atoms with E-state index in [4.69, 9.17) is 0 Å². The first-order valence-corrected chi connectivity index (χ1v) is 6.81. The Morgan fingerprint density at radius 3 is 0.875 bits per heavy atom. The molecule has 1 aromatic carbocycles. The van der Waals surface area contributed by atoms with Gasteiger partial charge in [0, 0.05) is 0 Å². The molecule has 0 bridgehead atoms. The van der Waals surface area contributed by atoms with E-state index in [0.717, 1.165) is 5.92 Å². The van der Waals surface area contributed by atoms with Gasteiger partial charge in [0.05, 0.1) is 0 Å². The topological polar surface area (TPSA) is 0 Å². The Kier molecular flexibility index (Phi) is 30.6. The maximum Gasteiger partial charge on any atom is -0.0448 e. The van der Waals surface area contributed by atoms with Gasteiger partial charge in [-0.2, -0.15) is 0 Å². The molecule has 16 heavy (non-hydrogen) atoms. The molecule has 96 valence electrons.